The third-order valence-electron chi connectivity index (χ3n) is 5.20. The van der Waals surface area contributed by atoms with E-state index in [4.69, 9.17) is 0 Å². The number of benzene rings is 1. The number of amides is 1. The molecule has 1 aliphatic heterocycles. The minimum atomic E-state index is 0.0377. The third kappa shape index (κ3) is 4.87. The van der Waals surface area contributed by atoms with Gasteiger partial charge in [0.25, 0.3) is 5.91 Å². The van der Waals surface area contributed by atoms with Crippen molar-refractivity contribution < 1.29 is 9.90 Å². The van der Waals surface area contributed by atoms with E-state index in [0.29, 0.717) is 25.1 Å². The molecule has 28 heavy (non-hydrogen) atoms. The number of nitrogens with one attached hydrogen (secondary N) is 1. The van der Waals surface area contributed by atoms with Crippen molar-refractivity contribution in [1.82, 2.24) is 14.9 Å². The molecule has 0 aliphatic carbocycles. The molecule has 1 atom stereocenters. The van der Waals surface area contributed by atoms with E-state index >= 15 is 0 Å². The van der Waals surface area contributed by atoms with E-state index in [1.54, 1.807) is 0 Å². The van der Waals surface area contributed by atoms with Crippen LogP contribution < -0.4 is 5.32 Å². The van der Waals surface area contributed by atoms with Crippen molar-refractivity contribution in [3.8, 4) is 0 Å². The van der Waals surface area contributed by atoms with Crippen LogP contribution in [0, 0.1) is 6.92 Å². The highest BCUT2D eigenvalue weighted by molar-refractivity contribution is 5.94. The van der Waals surface area contributed by atoms with Crippen molar-refractivity contribution in [1.29, 1.82) is 0 Å². The molecule has 6 nitrogen and oxygen atoms in total. The Morgan fingerprint density at radius 3 is 2.75 bits per heavy atom. The Balaban J connectivity index is 1.82. The van der Waals surface area contributed by atoms with Crippen LogP contribution in [-0.2, 0) is 13.0 Å². The summed E-state index contributed by atoms with van der Waals surface area (Å²) in [5.41, 5.74) is 2.72. The molecule has 2 aromatic rings. The van der Waals surface area contributed by atoms with Crippen LogP contribution in [0.2, 0.25) is 0 Å². The second-order valence-corrected chi connectivity index (χ2v) is 7.38. The predicted molar refractivity (Wildman–Crippen MR) is 110 cm³/mol. The van der Waals surface area contributed by atoms with Crippen LogP contribution in [0.4, 0.5) is 5.82 Å². The number of hydrogen-bond acceptors (Lipinski definition) is 5. The van der Waals surface area contributed by atoms with Gasteiger partial charge in [-0.25, -0.2) is 9.97 Å². The molecule has 0 fully saturated rings. The number of aliphatic hydroxyl groups excluding tert-OH is 1. The zero-order valence-corrected chi connectivity index (χ0v) is 16.8. The molecule has 1 aliphatic rings. The fourth-order valence-corrected chi connectivity index (χ4v) is 3.68. The van der Waals surface area contributed by atoms with Gasteiger partial charge in [-0.3, -0.25) is 4.79 Å². The number of rotatable bonds is 8. The summed E-state index contributed by atoms with van der Waals surface area (Å²) in [5.74, 6) is 1.58. The normalized spacial score (nSPS) is 14.5. The maximum absolute atomic E-state index is 12.9. The van der Waals surface area contributed by atoms with Gasteiger partial charge in [0, 0.05) is 36.7 Å². The molecular weight excluding hydrogens is 352 g/mol. The van der Waals surface area contributed by atoms with Gasteiger partial charge in [0.05, 0.1) is 12.2 Å². The molecule has 1 amide bonds. The zero-order valence-electron chi connectivity index (χ0n) is 16.8. The molecule has 0 saturated heterocycles. The van der Waals surface area contributed by atoms with E-state index in [1.165, 1.54) is 0 Å². The Kier molecular flexibility index (Phi) is 6.98. The Bertz CT molecular complexity index is 795. The highest BCUT2D eigenvalue weighted by Gasteiger charge is 2.26. The fourth-order valence-electron chi connectivity index (χ4n) is 3.68. The number of nitrogens with zero attached hydrogens (tertiary/aromatic N) is 3. The fraction of sp³-hybridized carbons (Fsp3) is 0.500. The summed E-state index contributed by atoms with van der Waals surface area (Å²) in [6.07, 6.45) is 4.62. The monoisotopic (exact) mass is 382 g/mol. The lowest BCUT2D eigenvalue weighted by molar-refractivity contribution is 0.0733. The van der Waals surface area contributed by atoms with Gasteiger partial charge in [0.2, 0.25) is 0 Å². The smallest absolute Gasteiger partial charge is 0.254 e. The molecule has 0 bridgehead atoms. The van der Waals surface area contributed by atoms with Gasteiger partial charge in [-0.2, -0.15) is 0 Å². The number of aromatic nitrogens is 2. The Hall–Kier alpha value is -2.47. The molecule has 0 unspecified atom stereocenters. The summed E-state index contributed by atoms with van der Waals surface area (Å²) >= 11 is 0. The Labute approximate surface area is 167 Å². The molecule has 2 heterocycles. The summed E-state index contributed by atoms with van der Waals surface area (Å²) in [7, 11) is 0. The van der Waals surface area contributed by atoms with Gasteiger partial charge in [-0.05, 0) is 31.9 Å². The standard InChI is InChI=1S/C22H30N4O2/c1-3-4-10-18(12-14-27)25-21-19-15-26(13-11-20(19)23-16(2)24-21)22(28)17-8-6-5-7-9-17/h5-9,18,27H,3-4,10-15H2,1-2H3,(H,23,24,25)/t18-/m0/s1. The van der Waals surface area contributed by atoms with Gasteiger partial charge in [-0.15, -0.1) is 0 Å². The number of carbonyl (C=O) groups excluding carboxylic acids is 1. The minimum Gasteiger partial charge on any atom is -0.396 e. The van der Waals surface area contributed by atoms with Gasteiger partial charge in [0.15, 0.2) is 0 Å². The zero-order chi connectivity index (χ0) is 19.9. The van der Waals surface area contributed by atoms with Crippen LogP contribution >= 0.6 is 0 Å². The van der Waals surface area contributed by atoms with E-state index in [-0.39, 0.29) is 18.6 Å². The first-order chi connectivity index (χ1) is 13.6. The van der Waals surface area contributed by atoms with Gasteiger partial charge >= 0.3 is 0 Å². The number of carbonyl (C=O) groups is 1. The van der Waals surface area contributed by atoms with E-state index < -0.39 is 0 Å². The number of fused-ring (bicyclic) bond motifs is 1. The Morgan fingerprint density at radius 2 is 2.04 bits per heavy atom. The van der Waals surface area contributed by atoms with Crippen molar-refractivity contribution in [3.05, 3.63) is 53.0 Å². The second kappa shape index (κ2) is 9.64. The first-order valence-electron chi connectivity index (χ1n) is 10.2. The van der Waals surface area contributed by atoms with Crippen LogP contribution in [0.15, 0.2) is 30.3 Å². The maximum Gasteiger partial charge on any atom is 0.254 e. The molecular formula is C22H30N4O2. The van der Waals surface area contributed by atoms with Crippen molar-refractivity contribution in [2.45, 2.75) is 58.5 Å². The van der Waals surface area contributed by atoms with Crippen LogP contribution in [0.1, 0.15) is 60.0 Å². The summed E-state index contributed by atoms with van der Waals surface area (Å²) < 4.78 is 0. The number of hydrogen-bond donors (Lipinski definition) is 2. The quantitative estimate of drug-likeness (QED) is 0.732. The van der Waals surface area contributed by atoms with E-state index in [0.717, 1.165) is 48.6 Å². The molecule has 6 heteroatoms. The average molecular weight is 383 g/mol. The van der Waals surface area contributed by atoms with E-state index in [2.05, 4.69) is 22.2 Å². The second-order valence-electron chi connectivity index (χ2n) is 7.38. The number of unbranched alkanes of at least 4 members (excludes halogenated alkanes) is 1. The molecule has 2 N–H and O–H groups in total. The third-order valence-corrected chi connectivity index (χ3v) is 5.20. The van der Waals surface area contributed by atoms with Crippen molar-refractivity contribution >= 4 is 11.7 Å². The lowest BCUT2D eigenvalue weighted by atomic mass is 10.0. The van der Waals surface area contributed by atoms with Crippen LogP contribution in [0.3, 0.4) is 0 Å². The molecule has 0 saturated carbocycles. The lowest BCUT2D eigenvalue weighted by Crippen LogP contribution is -2.37. The topological polar surface area (TPSA) is 78.3 Å². The number of aryl methyl sites for hydroxylation is 1. The first-order valence-corrected chi connectivity index (χ1v) is 10.2. The SMILES string of the molecule is CCCC[C@@H](CCO)Nc1nc(C)nc2c1CN(C(=O)c1ccccc1)CC2. The largest absolute Gasteiger partial charge is 0.396 e. The average Bonchev–Trinajstić information content (AvgIpc) is 2.72. The summed E-state index contributed by atoms with van der Waals surface area (Å²) in [6.45, 7) is 5.38. The molecule has 150 valence electrons. The Morgan fingerprint density at radius 1 is 1.25 bits per heavy atom. The highest BCUT2D eigenvalue weighted by Crippen LogP contribution is 2.26. The summed E-state index contributed by atoms with van der Waals surface area (Å²) in [5, 5.41) is 13.0. The highest BCUT2D eigenvalue weighted by atomic mass is 16.3. The van der Waals surface area contributed by atoms with Crippen molar-refractivity contribution in [2.24, 2.45) is 0 Å². The molecule has 1 aromatic heterocycles. The lowest BCUT2D eigenvalue weighted by Gasteiger charge is -2.31. The van der Waals surface area contributed by atoms with E-state index in [9.17, 15) is 9.90 Å². The van der Waals surface area contributed by atoms with E-state index in [1.807, 2.05) is 42.2 Å². The number of aliphatic hydroxyl groups is 1. The maximum atomic E-state index is 12.9. The number of anilines is 1. The molecule has 0 radical (unpaired) electrons. The molecule has 1 aromatic carbocycles. The summed E-state index contributed by atoms with van der Waals surface area (Å²) in [6, 6.07) is 9.56. The van der Waals surface area contributed by atoms with Gasteiger partial charge < -0.3 is 15.3 Å². The van der Waals surface area contributed by atoms with Crippen LogP contribution in [0.25, 0.3) is 0 Å². The van der Waals surface area contributed by atoms with Crippen LogP contribution in [0.5, 0.6) is 0 Å². The van der Waals surface area contributed by atoms with Crippen molar-refractivity contribution in [3.63, 3.8) is 0 Å². The van der Waals surface area contributed by atoms with Crippen LogP contribution in [-0.4, -0.2) is 45.1 Å². The minimum absolute atomic E-state index is 0.0377. The van der Waals surface area contributed by atoms with Gasteiger partial charge in [0.1, 0.15) is 11.6 Å². The predicted octanol–water partition coefficient (Wildman–Crippen LogP) is 3.34. The molecule has 3 rings (SSSR count). The van der Waals surface area contributed by atoms with Crippen molar-refractivity contribution in [2.75, 3.05) is 18.5 Å². The molecule has 0 spiro atoms. The first kappa shape index (κ1) is 20.3. The van der Waals surface area contributed by atoms with Gasteiger partial charge in [-0.1, -0.05) is 38.0 Å². The summed E-state index contributed by atoms with van der Waals surface area (Å²) in [4.78, 5) is 24.0.